The number of benzene rings is 1. The fraction of sp³-hybridized carbons (Fsp3) is 0.600. The quantitative estimate of drug-likeness (QED) is 0.768. The third-order valence-electron chi connectivity index (χ3n) is 5.88. The number of allylic oxidation sites excluding steroid dienone is 1. The van der Waals surface area contributed by atoms with E-state index in [-0.39, 0.29) is 0 Å². The van der Waals surface area contributed by atoms with Crippen LogP contribution in [0.1, 0.15) is 57.1 Å². The number of aromatic hydroxyl groups is 1. The van der Waals surface area contributed by atoms with Gasteiger partial charge < -0.3 is 10.4 Å². The van der Waals surface area contributed by atoms with Crippen LogP contribution < -0.4 is 5.32 Å². The smallest absolute Gasteiger partial charge is 0.120 e. The molecule has 2 heteroatoms. The lowest BCUT2D eigenvalue weighted by atomic mass is 9.70. The average Bonchev–Trinajstić information content (AvgIpc) is 2.71. The van der Waals surface area contributed by atoms with Crippen molar-refractivity contribution in [3.8, 4) is 5.75 Å². The molecule has 0 radical (unpaired) electrons. The van der Waals surface area contributed by atoms with Gasteiger partial charge in [-0.3, -0.25) is 0 Å². The highest BCUT2D eigenvalue weighted by atomic mass is 16.3. The SMILES string of the molecule is C=C1CCC(C2CC(c3ccccc3O)NCC[C@@H]2C)CC1. The van der Waals surface area contributed by atoms with Gasteiger partial charge in [-0.2, -0.15) is 0 Å². The van der Waals surface area contributed by atoms with Crippen LogP contribution in [0.25, 0.3) is 0 Å². The lowest BCUT2D eigenvalue weighted by Gasteiger charge is -2.35. The first-order valence-corrected chi connectivity index (χ1v) is 8.83. The molecule has 1 aliphatic heterocycles. The van der Waals surface area contributed by atoms with Crippen molar-refractivity contribution in [2.24, 2.45) is 17.8 Å². The number of hydrogen-bond acceptors (Lipinski definition) is 2. The van der Waals surface area contributed by atoms with E-state index < -0.39 is 0 Å². The summed E-state index contributed by atoms with van der Waals surface area (Å²) in [6.07, 6.45) is 7.43. The second-order valence-electron chi connectivity index (χ2n) is 7.32. The Labute approximate surface area is 134 Å². The molecule has 2 fully saturated rings. The molecule has 3 rings (SSSR count). The zero-order valence-corrected chi connectivity index (χ0v) is 13.7. The summed E-state index contributed by atoms with van der Waals surface area (Å²) in [5, 5.41) is 13.9. The standard InChI is InChI=1S/C20H29NO/c1-14-7-9-16(10-8-14)18-13-19(21-12-11-15(18)2)17-5-3-4-6-20(17)22/h3-6,15-16,18-19,21-22H,1,7-13H2,2H3/t15-,18?,19?/m0/s1. The maximum atomic E-state index is 10.2. The predicted molar refractivity (Wildman–Crippen MR) is 91.8 cm³/mol. The molecule has 1 aromatic carbocycles. The number of rotatable bonds is 2. The molecule has 1 saturated carbocycles. The summed E-state index contributed by atoms with van der Waals surface area (Å²) >= 11 is 0. The van der Waals surface area contributed by atoms with E-state index in [4.69, 9.17) is 0 Å². The molecule has 0 spiro atoms. The third-order valence-corrected chi connectivity index (χ3v) is 5.88. The van der Waals surface area contributed by atoms with Gasteiger partial charge in [-0.25, -0.2) is 0 Å². The fourth-order valence-electron chi connectivity index (χ4n) is 4.44. The van der Waals surface area contributed by atoms with Crippen LogP contribution in [-0.2, 0) is 0 Å². The van der Waals surface area contributed by atoms with Crippen LogP contribution in [0.2, 0.25) is 0 Å². The van der Waals surface area contributed by atoms with Crippen molar-refractivity contribution in [1.82, 2.24) is 5.32 Å². The fourth-order valence-corrected chi connectivity index (χ4v) is 4.44. The van der Waals surface area contributed by atoms with Gasteiger partial charge in [-0.05, 0) is 68.9 Å². The Bertz CT molecular complexity index is 514. The molecule has 0 amide bonds. The molecule has 120 valence electrons. The summed E-state index contributed by atoms with van der Waals surface area (Å²) < 4.78 is 0. The summed E-state index contributed by atoms with van der Waals surface area (Å²) in [6.45, 7) is 7.63. The molecule has 1 saturated heterocycles. The highest BCUT2D eigenvalue weighted by Gasteiger charge is 2.33. The molecule has 0 aromatic heterocycles. The molecule has 2 aliphatic rings. The molecule has 2 unspecified atom stereocenters. The van der Waals surface area contributed by atoms with E-state index in [0.29, 0.717) is 11.8 Å². The normalized spacial score (nSPS) is 31.0. The highest BCUT2D eigenvalue weighted by Crippen LogP contribution is 2.43. The van der Waals surface area contributed by atoms with Crippen LogP contribution in [0.3, 0.4) is 0 Å². The van der Waals surface area contributed by atoms with E-state index in [2.05, 4.69) is 24.9 Å². The number of hydrogen-bond donors (Lipinski definition) is 2. The Kier molecular flexibility index (Phi) is 4.87. The van der Waals surface area contributed by atoms with Crippen molar-refractivity contribution < 1.29 is 5.11 Å². The van der Waals surface area contributed by atoms with Crippen molar-refractivity contribution in [1.29, 1.82) is 0 Å². The van der Waals surface area contributed by atoms with Gasteiger partial charge in [0.25, 0.3) is 0 Å². The van der Waals surface area contributed by atoms with E-state index >= 15 is 0 Å². The Morgan fingerprint density at radius 3 is 2.59 bits per heavy atom. The zero-order chi connectivity index (χ0) is 15.5. The monoisotopic (exact) mass is 299 g/mol. The molecule has 1 heterocycles. The van der Waals surface area contributed by atoms with Crippen LogP contribution in [0.15, 0.2) is 36.4 Å². The van der Waals surface area contributed by atoms with Crippen molar-refractivity contribution in [3.63, 3.8) is 0 Å². The maximum absolute atomic E-state index is 10.2. The number of phenols is 1. The van der Waals surface area contributed by atoms with E-state index in [9.17, 15) is 5.11 Å². The molecule has 0 bridgehead atoms. The van der Waals surface area contributed by atoms with Gasteiger partial charge in [-0.15, -0.1) is 0 Å². The van der Waals surface area contributed by atoms with Crippen molar-refractivity contribution >= 4 is 0 Å². The largest absolute Gasteiger partial charge is 0.508 e. The molecule has 3 atom stereocenters. The molecular weight excluding hydrogens is 270 g/mol. The lowest BCUT2D eigenvalue weighted by Crippen LogP contribution is -2.26. The molecular formula is C20H29NO. The van der Waals surface area contributed by atoms with Gasteiger partial charge in [0.1, 0.15) is 5.75 Å². The minimum Gasteiger partial charge on any atom is -0.508 e. The number of phenolic OH excluding ortho intramolecular Hbond substituents is 1. The van der Waals surface area contributed by atoms with E-state index in [1.165, 1.54) is 37.7 Å². The van der Waals surface area contributed by atoms with E-state index in [1.54, 1.807) is 0 Å². The summed E-state index contributed by atoms with van der Waals surface area (Å²) in [4.78, 5) is 0. The van der Waals surface area contributed by atoms with Gasteiger partial charge in [0.05, 0.1) is 0 Å². The number of para-hydroxylation sites is 1. The van der Waals surface area contributed by atoms with Gasteiger partial charge in [0, 0.05) is 11.6 Å². The first kappa shape index (κ1) is 15.6. The van der Waals surface area contributed by atoms with Crippen LogP contribution in [-0.4, -0.2) is 11.7 Å². The Balaban J connectivity index is 1.77. The van der Waals surface area contributed by atoms with Gasteiger partial charge >= 0.3 is 0 Å². The topological polar surface area (TPSA) is 32.3 Å². The highest BCUT2D eigenvalue weighted by molar-refractivity contribution is 5.34. The van der Waals surface area contributed by atoms with E-state index in [1.807, 2.05) is 18.2 Å². The minimum absolute atomic E-state index is 0.293. The summed E-state index contributed by atoms with van der Waals surface area (Å²) in [5.74, 6) is 2.78. The van der Waals surface area contributed by atoms with Gasteiger partial charge in [0.15, 0.2) is 0 Å². The summed E-state index contributed by atoms with van der Waals surface area (Å²) in [7, 11) is 0. The van der Waals surface area contributed by atoms with Crippen molar-refractivity contribution in [2.45, 2.75) is 51.5 Å². The Morgan fingerprint density at radius 2 is 1.86 bits per heavy atom. The summed E-state index contributed by atoms with van der Waals surface area (Å²) in [6, 6.07) is 8.11. The average molecular weight is 299 g/mol. The molecule has 1 aromatic rings. The first-order chi connectivity index (χ1) is 10.6. The second kappa shape index (κ2) is 6.87. The van der Waals surface area contributed by atoms with Crippen LogP contribution in [0.4, 0.5) is 0 Å². The molecule has 2 nitrogen and oxygen atoms in total. The zero-order valence-electron chi connectivity index (χ0n) is 13.7. The molecule has 1 aliphatic carbocycles. The second-order valence-corrected chi connectivity index (χ2v) is 7.32. The van der Waals surface area contributed by atoms with Crippen LogP contribution in [0.5, 0.6) is 5.75 Å². The minimum atomic E-state index is 0.293. The van der Waals surface area contributed by atoms with Crippen molar-refractivity contribution in [3.05, 3.63) is 42.0 Å². The molecule has 22 heavy (non-hydrogen) atoms. The summed E-state index contributed by atoms with van der Waals surface area (Å²) in [5.41, 5.74) is 2.51. The number of nitrogens with one attached hydrogen (secondary N) is 1. The van der Waals surface area contributed by atoms with Gasteiger partial charge in [0.2, 0.25) is 0 Å². The maximum Gasteiger partial charge on any atom is 0.120 e. The third kappa shape index (κ3) is 3.38. The van der Waals surface area contributed by atoms with Crippen LogP contribution in [0, 0.1) is 17.8 Å². The Morgan fingerprint density at radius 1 is 1.14 bits per heavy atom. The molecule has 2 N–H and O–H groups in total. The predicted octanol–water partition coefficient (Wildman–Crippen LogP) is 4.82. The van der Waals surface area contributed by atoms with Gasteiger partial charge in [-0.1, -0.05) is 37.3 Å². The Hall–Kier alpha value is -1.28. The van der Waals surface area contributed by atoms with Crippen molar-refractivity contribution in [2.75, 3.05) is 6.54 Å². The lowest BCUT2D eigenvalue weighted by molar-refractivity contribution is 0.185. The van der Waals surface area contributed by atoms with E-state index in [0.717, 1.165) is 36.3 Å². The first-order valence-electron chi connectivity index (χ1n) is 8.83. The van der Waals surface area contributed by atoms with Crippen LogP contribution >= 0.6 is 0 Å².